The summed E-state index contributed by atoms with van der Waals surface area (Å²) in [5.74, 6) is 1.94. The number of hydrogen-bond acceptors (Lipinski definition) is 6. The van der Waals surface area contributed by atoms with Crippen LogP contribution in [0.5, 0.6) is 11.5 Å². The standard InChI is InChI=1S/C26H38N4O4/c31-25(27-10-13-28-11-4-1-5-12-28)24(20-6-2-3-7-20)29-14-16-30(17-15-29)26(32)21-8-9-22-23(18-21)34-19-33-22/h8-9,18,20,24H,1-7,10-17,19H2,(H,27,31)/t24-/m0/s1. The lowest BCUT2D eigenvalue weighted by Gasteiger charge is -2.41. The SMILES string of the molecule is O=C(NCCN1CCCCC1)[C@H](C1CCCC1)N1CCN(C(=O)c2ccc3c(c2)OCO3)CC1. The summed E-state index contributed by atoms with van der Waals surface area (Å²) in [7, 11) is 0. The molecule has 8 heteroatoms. The van der Waals surface area contributed by atoms with Gasteiger partial charge >= 0.3 is 0 Å². The van der Waals surface area contributed by atoms with Gasteiger partial charge in [0, 0.05) is 44.8 Å². The maximum Gasteiger partial charge on any atom is 0.254 e. The molecule has 2 saturated heterocycles. The second kappa shape index (κ2) is 11.0. The Morgan fingerprint density at radius 1 is 0.912 bits per heavy atom. The highest BCUT2D eigenvalue weighted by Crippen LogP contribution is 2.33. The maximum atomic E-state index is 13.3. The number of carbonyl (C=O) groups is 2. The number of nitrogens with zero attached hydrogens (tertiary/aromatic N) is 3. The molecule has 3 heterocycles. The van der Waals surface area contributed by atoms with Gasteiger partial charge in [-0.3, -0.25) is 14.5 Å². The molecule has 0 aromatic heterocycles. The molecule has 1 aliphatic carbocycles. The average molecular weight is 471 g/mol. The summed E-state index contributed by atoms with van der Waals surface area (Å²) < 4.78 is 10.8. The third-order valence-electron chi connectivity index (χ3n) is 7.91. The highest BCUT2D eigenvalue weighted by molar-refractivity contribution is 5.95. The Hall–Kier alpha value is -2.32. The molecule has 1 aromatic rings. The fraction of sp³-hybridized carbons (Fsp3) is 0.692. The van der Waals surface area contributed by atoms with Crippen LogP contribution in [0.1, 0.15) is 55.3 Å². The number of carbonyl (C=O) groups excluding carboxylic acids is 2. The van der Waals surface area contributed by atoms with Crippen LogP contribution in [-0.2, 0) is 4.79 Å². The van der Waals surface area contributed by atoms with Gasteiger partial charge in [0.2, 0.25) is 12.7 Å². The zero-order valence-corrected chi connectivity index (χ0v) is 20.2. The lowest BCUT2D eigenvalue weighted by atomic mass is 9.95. The number of hydrogen-bond donors (Lipinski definition) is 1. The highest BCUT2D eigenvalue weighted by Gasteiger charge is 2.37. The molecule has 4 aliphatic rings. The van der Waals surface area contributed by atoms with Crippen molar-refractivity contribution < 1.29 is 19.1 Å². The van der Waals surface area contributed by atoms with Crippen LogP contribution < -0.4 is 14.8 Å². The molecule has 2 amide bonds. The predicted molar refractivity (Wildman–Crippen MR) is 129 cm³/mol. The molecular formula is C26H38N4O4. The van der Waals surface area contributed by atoms with Gasteiger partial charge in [0.25, 0.3) is 5.91 Å². The first-order valence-electron chi connectivity index (χ1n) is 13.1. The molecule has 0 spiro atoms. The van der Waals surface area contributed by atoms with E-state index in [1.165, 1.54) is 32.1 Å². The van der Waals surface area contributed by atoms with E-state index in [-0.39, 0.29) is 24.6 Å². The molecule has 3 aliphatic heterocycles. The van der Waals surface area contributed by atoms with Crippen LogP contribution in [0.2, 0.25) is 0 Å². The van der Waals surface area contributed by atoms with Crippen molar-refractivity contribution in [3.63, 3.8) is 0 Å². The lowest BCUT2D eigenvalue weighted by Crippen LogP contribution is -2.58. The second-order valence-corrected chi connectivity index (χ2v) is 10.1. The number of fused-ring (bicyclic) bond motifs is 1. The number of benzene rings is 1. The van der Waals surface area contributed by atoms with Crippen molar-refractivity contribution in [2.75, 3.05) is 59.2 Å². The smallest absolute Gasteiger partial charge is 0.254 e. The van der Waals surface area contributed by atoms with Gasteiger partial charge < -0.3 is 24.6 Å². The van der Waals surface area contributed by atoms with Gasteiger partial charge in [0.15, 0.2) is 11.5 Å². The monoisotopic (exact) mass is 470 g/mol. The molecule has 0 radical (unpaired) electrons. The first-order chi connectivity index (χ1) is 16.7. The minimum atomic E-state index is -0.0772. The largest absolute Gasteiger partial charge is 0.454 e. The van der Waals surface area contributed by atoms with E-state index in [1.807, 2.05) is 4.90 Å². The molecular weight excluding hydrogens is 432 g/mol. The molecule has 5 rings (SSSR count). The van der Waals surface area contributed by atoms with Crippen LogP contribution in [0.3, 0.4) is 0 Å². The summed E-state index contributed by atoms with van der Waals surface area (Å²) in [4.78, 5) is 33.1. The van der Waals surface area contributed by atoms with E-state index in [2.05, 4.69) is 15.1 Å². The van der Waals surface area contributed by atoms with Gasteiger partial charge in [-0.25, -0.2) is 0 Å². The number of nitrogens with one attached hydrogen (secondary N) is 1. The molecule has 0 unspecified atom stereocenters. The maximum absolute atomic E-state index is 13.3. The van der Waals surface area contributed by atoms with Crippen LogP contribution in [0, 0.1) is 5.92 Å². The van der Waals surface area contributed by atoms with Gasteiger partial charge in [-0.05, 0) is 62.9 Å². The molecule has 1 aromatic carbocycles. The van der Waals surface area contributed by atoms with Gasteiger partial charge in [-0.1, -0.05) is 19.3 Å². The first kappa shape index (κ1) is 23.4. The fourth-order valence-corrected chi connectivity index (χ4v) is 5.99. The van der Waals surface area contributed by atoms with E-state index in [9.17, 15) is 9.59 Å². The van der Waals surface area contributed by atoms with Crippen LogP contribution in [0.25, 0.3) is 0 Å². The number of amides is 2. The van der Waals surface area contributed by atoms with E-state index >= 15 is 0 Å². The van der Waals surface area contributed by atoms with Crippen molar-refractivity contribution in [3.05, 3.63) is 23.8 Å². The van der Waals surface area contributed by atoms with Gasteiger partial charge in [-0.15, -0.1) is 0 Å². The van der Waals surface area contributed by atoms with Gasteiger partial charge in [0.05, 0.1) is 6.04 Å². The van der Waals surface area contributed by atoms with Crippen LogP contribution in [0.15, 0.2) is 18.2 Å². The third-order valence-corrected chi connectivity index (χ3v) is 7.91. The van der Waals surface area contributed by atoms with E-state index < -0.39 is 0 Å². The number of likely N-dealkylation sites (tertiary alicyclic amines) is 1. The van der Waals surface area contributed by atoms with Crippen molar-refractivity contribution in [1.82, 2.24) is 20.0 Å². The molecule has 186 valence electrons. The summed E-state index contributed by atoms with van der Waals surface area (Å²) in [6.07, 6.45) is 8.55. The van der Waals surface area contributed by atoms with E-state index in [1.54, 1.807) is 18.2 Å². The van der Waals surface area contributed by atoms with Crippen molar-refractivity contribution in [1.29, 1.82) is 0 Å². The number of rotatable bonds is 7. The molecule has 8 nitrogen and oxygen atoms in total. The molecule has 1 atom stereocenters. The Morgan fingerprint density at radius 2 is 1.65 bits per heavy atom. The van der Waals surface area contributed by atoms with Crippen molar-refractivity contribution in [2.45, 2.75) is 51.0 Å². The average Bonchev–Trinajstić information content (AvgIpc) is 3.57. The summed E-state index contributed by atoms with van der Waals surface area (Å²) in [5, 5.41) is 3.26. The van der Waals surface area contributed by atoms with Gasteiger partial charge in [0.1, 0.15) is 0 Å². The Kier molecular flexibility index (Phi) is 7.54. The second-order valence-electron chi connectivity index (χ2n) is 10.1. The zero-order valence-electron chi connectivity index (χ0n) is 20.2. The van der Waals surface area contributed by atoms with E-state index in [0.717, 1.165) is 52.1 Å². The predicted octanol–water partition coefficient (Wildman–Crippen LogP) is 2.33. The topological polar surface area (TPSA) is 74.4 Å². The summed E-state index contributed by atoms with van der Waals surface area (Å²) in [6, 6.07) is 5.30. The Labute approximate surface area is 202 Å². The minimum Gasteiger partial charge on any atom is -0.454 e. The highest BCUT2D eigenvalue weighted by atomic mass is 16.7. The third kappa shape index (κ3) is 5.33. The molecule has 3 fully saturated rings. The minimum absolute atomic E-state index is 0.0151. The van der Waals surface area contributed by atoms with Crippen LogP contribution >= 0.6 is 0 Å². The fourth-order valence-electron chi connectivity index (χ4n) is 5.99. The molecule has 1 N–H and O–H groups in total. The lowest BCUT2D eigenvalue weighted by molar-refractivity contribution is -0.129. The van der Waals surface area contributed by atoms with Crippen molar-refractivity contribution >= 4 is 11.8 Å². The summed E-state index contributed by atoms with van der Waals surface area (Å²) >= 11 is 0. The molecule has 0 bridgehead atoms. The normalized spacial score (nSPS) is 22.6. The zero-order chi connectivity index (χ0) is 23.3. The molecule has 1 saturated carbocycles. The van der Waals surface area contributed by atoms with E-state index in [0.29, 0.717) is 36.1 Å². The number of piperazine rings is 1. The number of ether oxygens (including phenoxy) is 2. The molecule has 34 heavy (non-hydrogen) atoms. The first-order valence-corrected chi connectivity index (χ1v) is 13.1. The summed E-state index contributed by atoms with van der Waals surface area (Å²) in [5.41, 5.74) is 0.625. The number of piperidine rings is 1. The Bertz CT molecular complexity index is 858. The van der Waals surface area contributed by atoms with Crippen LogP contribution in [-0.4, -0.2) is 91.7 Å². The Morgan fingerprint density at radius 3 is 2.41 bits per heavy atom. The van der Waals surface area contributed by atoms with Gasteiger partial charge in [-0.2, -0.15) is 0 Å². The quantitative estimate of drug-likeness (QED) is 0.660. The van der Waals surface area contributed by atoms with Crippen LogP contribution in [0.4, 0.5) is 0 Å². The Balaban J connectivity index is 1.16. The van der Waals surface area contributed by atoms with E-state index in [4.69, 9.17) is 9.47 Å². The van der Waals surface area contributed by atoms with Crippen molar-refractivity contribution in [3.8, 4) is 11.5 Å². The summed E-state index contributed by atoms with van der Waals surface area (Å²) in [6.45, 7) is 6.92. The van der Waals surface area contributed by atoms with Crippen molar-refractivity contribution in [2.24, 2.45) is 5.92 Å².